The summed E-state index contributed by atoms with van der Waals surface area (Å²) in [4.78, 5) is 18.0. The first-order valence-electron chi connectivity index (χ1n) is 9.95. The number of nitrogens with zero attached hydrogens (tertiary/aromatic N) is 3. The molecule has 34 heavy (non-hydrogen) atoms. The zero-order chi connectivity index (χ0) is 24.9. The van der Waals surface area contributed by atoms with Crippen LogP contribution in [0.15, 0.2) is 64.0 Å². The molecular formula is C23H22Cl2N4O4S. The molecule has 0 aliphatic heterocycles. The Bertz CT molecular complexity index is 1340. The Morgan fingerprint density at radius 3 is 2.59 bits per heavy atom. The number of methoxy groups -OCH3 is 1. The summed E-state index contributed by atoms with van der Waals surface area (Å²) in [6, 6.07) is 13.1. The van der Waals surface area contributed by atoms with Crippen LogP contribution in [0.5, 0.6) is 5.75 Å². The summed E-state index contributed by atoms with van der Waals surface area (Å²) in [5, 5.41) is 3.33. The van der Waals surface area contributed by atoms with E-state index in [2.05, 4.69) is 14.7 Å². The van der Waals surface area contributed by atoms with E-state index in [0.29, 0.717) is 21.7 Å². The number of carbonyl (C=O) groups is 1. The van der Waals surface area contributed by atoms with Crippen LogP contribution in [0.3, 0.4) is 0 Å². The van der Waals surface area contributed by atoms with E-state index in [1.165, 1.54) is 30.6 Å². The van der Waals surface area contributed by atoms with Crippen molar-refractivity contribution >= 4 is 51.2 Å². The quantitative estimate of drug-likeness (QED) is 0.266. The Labute approximate surface area is 208 Å². The molecule has 178 valence electrons. The highest BCUT2D eigenvalue weighted by Gasteiger charge is 2.21. The second-order valence-electron chi connectivity index (χ2n) is 7.40. The summed E-state index contributed by atoms with van der Waals surface area (Å²) in [6.45, 7) is 0. The Morgan fingerprint density at radius 2 is 1.91 bits per heavy atom. The van der Waals surface area contributed by atoms with Crippen molar-refractivity contribution in [1.29, 1.82) is 0 Å². The lowest BCUT2D eigenvalue weighted by Gasteiger charge is -2.13. The molecule has 0 saturated heterocycles. The van der Waals surface area contributed by atoms with Gasteiger partial charge in [0.1, 0.15) is 6.34 Å². The highest BCUT2D eigenvalue weighted by Crippen LogP contribution is 2.34. The zero-order valence-corrected chi connectivity index (χ0v) is 20.9. The number of nitrogens with one attached hydrogen (secondary N) is 1. The van der Waals surface area contributed by atoms with Gasteiger partial charge in [0, 0.05) is 42.1 Å². The molecule has 1 N–H and O–H groups in total. The normalized spacial score (nSPS) is 11.4. The summed E-state index contributed by atoms with van der Waals surface area (Å²) in [7, 11) is 0.604. The predicted molar refractivity (Wildman–Crippen MR) is 134 cm³/mol. The van der Waals surface area contributed by atoms with Gasteiger partial charge in [0.2, 0.25) is 5.91 Å². The van der Waals surface area contributed by atoms with Gasteiger partial charge < -0.3 is 15.0 Å². The van der Waals surface area contributed by atoms with Crippen LogP contribution < -0.4 is 10.1 Å². The van der Waals surface area contributed by atoms with E-state index in [1.54, 1.807) is 56.6 Å². The number of benzene rings is 2. The molecule has 0 aliphatic rings. The van der Waals surface area contributed by atoms with E-state index in [1.807, 2.05) is 0 Å². The number of rotatable bonds is 8. The van der Waals surface area contributed by atoms with Crippen LogP contribution in [-0.4, -0.2) is 51.8 Å². The van der Waals surface area contributed by atoms with Crippen LogP contribution in [0.2, 0.25) is 10.2 Å². The van der Waals surface area contributed by atoms with Crippen molar-refractivity contribution in [2.24, 2.45) is 4.40 Å². The lowest BCUT2D eigenvalue weighted by atomic mass is 10.1. The molecule has 0 aliphatic carbocycles. The van der Waals surface area contributed by atoms with E-state index in [-0.39, 0.29) is 33.8 Å². The van der Waals surface area contributed by atoms with Gasteiger partial charge in [0.15, 0.2) is 10.9 Å². The Balaban J connectivity index is 2.02. The van der Waals surface area contributed by atoms with Gasteiger partial charge in [-0.2, -0.15) is 8.42 Å². The third kappa shape index (κ3) is 6.25. The maximum absolute atomic E-state index is 13.1. The van der Waals surface area contributed by atoms with Gasteiger partial charge in [-0.05, 0) is 29.8 Å². The number of hydrogen-bond acceptors (Lipinski definition) is 5. The Kier molecular flexibility index (Phi) is 8.14. The van der Waals surface area contributed by atoms with Crippen molar-refractivity contribution in [2.75, 3.05) is 26.5 Å². The smallest absolute Gasteiger partial charge is 0.284 e. The van der Waals surface area contributed by atoms with E-state index in [4.69, 9.17) is 27.9 Å². The minimum absolute atomic E-state index is 0.0284. The van der Waals surface area contributed by atoms with Crippen LogP contribution in [0.1, 0.15) is 5.56 Å². The number of hydrogen-bond donors (Lipinski definition) is 1. The average Bonchev–Trinajstić information content (AvgIpc) is 2.80. The molecule has 0 fully saturated rings. The SMILES string of the molecule is COc1cc(-c2ccc(NC(=O)Cc3ccccc3Cl)cc2S(=O)(=O)/N=C/N(C)C)cnc1Cl. The maximum atomic E-state index is 13.1. The van der Waals surface area contributed by atoms with Crippen molar-refractivity contribution in [3.8, 4) is 16.9 Å². The van der Waals surface area contributed by atoms with Gasteiger partial charge >= 0.3 is 0 Å². The van der Waals surface area contributed by atoms with Crippen LogP contribution in [-0.2, 0) is 21.2 Å². The fraction of sp³-hybridized carbons (Fsp3) is 0.174. The van der Waals surface area contributed by atoms with Crippen molar-refractivity contribution in [3.63, 3.8) is 0 Å². The molecule has 1 amide bonds. The average molecular weight is 521 g/mol. The summed E-state index contributed by atoms with van der Waals surface area (Å²) in [5.74, 6) is -0.0627. The lowest BCUT2D eigenvalue weighted by molar-refractivity contribution is -0.115. The van der Waals surface area contributed by atoms with Crippen molar-refractivity contribution in [3.05, 3.63) is 70.5 Å². The van der Waals surface area contributed by atoms with Gasteiger partial charge in [-0.3, -0.25) is 4.79 Å². The van der Waals surface area contributed by atoms with Gasteiger partial charge in [-0.1, -0.05) is 47.5 Å². The highest BCUT2D eigenvalue weighted by atomic mass is 35.5. The highest BCUT2D eigenvalue weighted by molar-refractivity contribution is 7.90. The third-order valence-electron chi connectivity index (χ3n) is 4.61. The fourth-order valence-corrected chi connectivity index (χ4v) is 4.55. The minimum Gasteiger partial charge on any atom is -0.494 e. The summed E-state index contributed by atoms with van der Waals surface area (Å²) in [6.07, 6.45) is 2.65. The summed E-state index contributed by atoms with van der Waals surface area (Å²) in [5.41, 5.74) is 1.71. The standard InChI is InChI=1S/C23H22Cl2N4O4S/c1-29(2)14-27-34(31,32)21-12-17(28-22(30)11-15-6-4-5-7-19(15)24)8-9-18(21)16-10-20(33-3)23(25)26-13-16/h4-10,12-14H,11H2,1-3H3,(H,28,30)/b27-14+. The molecule has 0 radical (unpaired) electrons. The minimum atomic E-state index is -4.13. The van der Waals surface area contributed by atoms with Gasteiger partial charge in [-0.15, -0.1) is 4.40 Å². The van der Waals surface area contributed by atoms with Gasteiger partial charge in [0.25, 0.3) is 10.0 Å². The van der Waals surface area contributed by atoms with Crippen LogP contribution >= 0.6 is 23.2 Å². The molecule has 0 bridgehead atoms. The van der Waals surface area contributed by atoms with Crippen molar-refractivity contribution < 1.29 is 17.9 Å². The maximum Gasteiger partial charge on any atom is 0.284 e. The second kappa shape index (κ2) is 10.9. The predicted octanol–water partition coefficient (Wildman–Crippen LogP) is 4.52. The molecule has 8 nitrogen and oxygen atoms in total. The Morgan fingerprint density at radius 1 is 1.18 bits per heavy atom. The number of sulfonamides is 1. The van der Waals surface area contributed by atoms with Crippen molar-refractivity contribution in [1.82, 2.24) is 9.88 Å². The topological polar surface area (TPSA) is 101 Å². The number of ether oxygens (including phenoxy) is 1. The molecule has 3 aromatic rings. The number of carbonyl (C=O) groups excluding carboxylic acids is 1. The van der Waals surface area contributed by atoms with E-state index in [0.717, 1.165) is 0 Å². The summed E-state index contributed by atoms with van der Waals surface area (Å²) < 4.78 is 35.1. The van der Waals surface area contributed by atoms with E-state index >= 15 is 0 Å². The molecule has 3 rings (SSSR count). The number of halogens is 2. The molecule has 0 atom stereocenters. The summed E-state index contributed by atoms with van der Waals surface area (Å²) >= 11 is 12.2. The first-order valence-corrected chi connectivity index (χ1v) is 12.1. The van der Waals surface area contributed by atoms with Crippen LogP contribution in [0, 0.1) is 0 Å². The fourth-order valence-electron chi connectivity index (χ4n) is 3.00. The molecule has 0 unspecified atom stereocenters. The number of amides is 1. The lowest BCUT2D eigenvalue weighted by Crippen LogP contribution is -2.15. The molecular weight excluding hydrogens is 499 g/mol. The molecule has 1 heterocycles. The monoisotopic (exact) mass is 520 g/mol. The molecule has 2 aromatic carbocycles. The van der Waals surface area contributed by atoms with E-state index in [9.17, 15) is 13.2 Å². The van der Waals surface area contributed by atoms with E-state index < -0.39 is 10.0 Å². The van der Waals surface area contributed by atoms with Crippen LogP contribution in [0.25, 0.3) is 11.1 Å². The van der Waals surface area contributed by atoms with Gasteiger partial charge in [-0.25, -0.2) is 4.98 Å². The first-order chi connectivity index (χ1) is 16.1. The largest absolute Gasteiger partial charge is 0.494 e. The molecule has 0 spiro atoms. The molecule has 1 aromatic heterocycles. The van der Waals surface area contributed by atoms with Crippen LogP contribution in [0.4, 0.5) is 5.69 Å². The Hall–Kier alpha value is -3.14. The number of anilines is 1. The zero-order valence-electron chi connectivity index (χ0n) is 18.6. The van der Waals surface area contributed by atoms with Gasteiger partial charge in [0.05, 0.1) is 18.4 Å². The molecule has 11 heteroatoms. The molecule has 0 saturated carbocycles. The number of aromatic nitrogens is 1. The first kappa shape index (κ1) is 25.5. The second-order valence-corrected chi connectivity index (χ2v) is 9.77. The number of pyridine rings is 1. The third-order valence-corrected chi connectivity index (χ3v) is 6.52. The van der Waals surface area contributed by atoms with Crippen molar-refractivity contribution in [2.45, 2.75) is 11.3 Å².